The van der Waals surface area contributed by atoms with Crippen LogP contribution in [0.5, 0.6) is 0 Å². The maximum absolute atomic E-state index is 13.7. The summed E-state index contributed by atoms with van der Waals surface area (Å²) in [6.45, 7) is 1.89. The van der Waals surface area contributed by atoms with Crippen LogP contribution in [-0.2, 0) is 14.3 Å². The molecule has 3 aliphatic rings. The molecule has 2 aliphatic carbocycles. The molecule has 0 unspecified atom stereocenters. The summed E-state index contributed by atoms with van der Waals surface area (Å²) in [4.78, 5) is 27.2. The van der Waals surface area contributed by atoms with Crippen LogP contribution in [0.25, 0.3) is 0 Å². The summed E-state index contributed by atoms with van der Waals surface area (Å²) < 4.78 is 5.98. The Kier molecular flexibility index (Phi) is 7.04. The van der Waals surface area contributed by atoms with Crippen molar-refractivity contribution in [2.24, 2.45) is 0 Å². The van der Waals surface area contributed by atoms with Gasteiger partial charge in [-0.05, 0) is 68.2 Å². The van der Waals surface area contributed by atoms with Gasteiger partial charge in [0.15, 0.2) is 5.78 Å². The number of nitrogens with one attached hydrogen (secondary N) is 1. The minimum atomic E-state index is -0.540. The molecule has 35 heavy (non-hydrogen) atoms. The highest BCUT2D eigenvalue weighted by molar-refractivity contribution is 6.42. The number of hydrogen-bond donors (Lipinski definition) is 1. The van der Waals surface area contributed by atoms with Crippen LogP contribution in [0.1, 0.15) is 74.8 Å². The molecule has 2 atom stereocenters. The van der Waals surface area contributed by atoms with Crippen molar-refractivity contribution in [1.29, 1.82) is 0 Å². The molecule has 0 saturated heterocycles. The zero-order valence-corrected chi connectivity index (χ0v) is 21.3. The topological polar surface area (TPSA) is 55.4 Å². The molecule has 1 aliphatic heterocycles. The summed E-state index contributed by atoms with van der Waals surface area (Å²) in [5.74, 6) is -0.768. The Morgan fingerprint density at radius 2 is 1.69 bits per heavy atom. The number of halogens is 2. The Bertz CT molecular complexity index is 1210. The van der Waals surface area contributed by atoms with Crippen molar-refractivity contribution in [1.82, 2.24) is 5.32 Å². The molecule has 5 rings (SSSR count). The van der Waals surface area contributed by atoms with Crippen LogP contribution in [0.3, 0.4) is 0 Å². The zero-order chi connectivity index (χ0) is 24.5. The molecule has 1 N–H and O–H groups in total. The molecule has 0 bridgehead atoms. The van der Waals surface area contributed by atoms with E-state index >= 15 is 0 Å². The lowest BCUT2D eigenvalue weighted by molar-refractivity contribution is -0.146. The summed E-state index contributed by atoms with van der Waals surface area (Å²) >= 11 is 12.6. The van der Waals surface area contributed by atoms with Gasteiger partial charge in [-0.1, -0.05) is 66.0 Å². The molecule has 1 heterocycles. The van der Waals surface area contributed by atoms with Gasteiger partial charge < -0.3 is 10.1 Å². The quantitative estimate of drug-likeness (QED) is 0.441. The summed E-state index contributed by atoms with van der Waals surface area (Å²) in [5.41, 5.74) is 4.63. The smallest absolute Gasteiger partial charge is 0.337 e. The molecular formula is C29H29Cl2NO3. The van der Waals surface area contributed by atoms with E-state index in [0.29, 0.717) is 34.0 Å². The zero-order valence-electron chi connectivity index (χ0n) is 19.8. The van der Waals surface area contributed by atoms with Crippen molar-refractivity contribution >= 4 is 35.0 Å². The fraction of sp³-hybridized carbons (Fsp3) is 0.379. The molecule has 1 saturated carbocycles. The first kappa shape index (κ1) is 24.1. The average molecular weight is 510 g/mol. The Morgan fingerprint density at radius 1 is 0.943 bits per heavy atom. The Labute approximate surface area is 216 Å². The number of esters is 1. The molecular weight excluding hydrogens is 481 g/mol. The van der Waals surface area contributed by atoms with E-state index in [1.54, 1.807) is 12.1 Å². The molecule has 4 nitrogen and oxygen atoms in total. The highest BCUT2D eigenvalue weighted by Gasteiger charge is 2.42. The normalized spacial score (nSPS) is 23.1. The second-order valence-corrected chi connectivity index (χ2v) is 10.6. The number of ketones is 1. The Hall–Kier alpha value is -2.56. The van der Waals surface area contributed by atoms with Gasteiger partial charge in [0, 0.05) is 29.3 Å². The van der Waals surface area contributed by atoms with Crippen molar-refractivity contribution < 1.29 is 14.3 Å². The van der Waals surface area contributed by atoms with E-state index in [4.69, 9.17) is 27.9 Å². The number of dihydropyridines is 1. The summed E-state index contributed by atoms with van der Waals surface area (Å²) in [5, 5.41) is 4.25. The number of Topliss-reactive ketones (excluding diaryl/α,β-unsaturated/α-hetero) is 1. The van der Waals surface area contributed by atoms with E-state index in [1.165, 1.54) is 6.42 Å². The van der Waals surface area contributed by atoms with E-state index < -0.39 is 5.92 Å². The SMILES string of the molecule is CC1=C(C(=O)OC2CCCCC2)[C@@H](c2ccc(Cl)c(Cl)c2)C2=C(C[C@H](c3ccccc3)CC2=O)N1. The van der Waals surface area contributed by atoms with E-state index in [2.05, 4.69) is 17.4 Å². The predicted octanol–water partition coefficient (Wildman–Crippen LogP) is 7.23. The maximum Gasteiger partial charge on any atom is 0.337 e. The van der Waals surface area contributed by atoms with Gasteiger partial charge in [-0.3, -0.25) is 4.79 Å². The van der Waals surface area contributed by atoms with Gasteiger partial charge in [0.2, 0.25) is 0 Å². The molecule has 182 valence electrons. The van der Waals surface area contributed by atoms with E-state index in [-0.39, 0.29) is 23.8 Å². The van der Waals surface area contributed by atoms with E-state index in [0.717, 1.165) is 48.2 Å². The van der Waals surface area contributed by atoms with Gasteiger partial charge in [0.1, 0.15) is 6.10 Å². The molecule has 0 radical (unpaired) electrons. The fourth-order valence-corrected chi connectivity index (χ4v) is 6.00. The number of ether oxygens (including phenoxy) is 1. The lowest BCUT2D eigenvalue weighted by Gasteiger charge is -2.37. The van der Waals surface area contributed by atoms with Crippen LogP contribution in [-0.4, -0.2) is 17.9 Å². The van der Waals surface area contributed by atoms with Crippen LogP contribution >= 0.6 is 23.2 Å². The first-order valence-electron chi connectivity index (χ1n) is 12.4. The molecule has 2 aromatic rings. The third kappa shape index (κ3) is 4.92. The molecule has 2 aromatic carbocycles. The van der Waals surface area contributed by atoms with Gasteiger partial charge in [-0.25, -0.2) is 4.79 Å². The number of rotatable bonds is 4. The van der Waals surface area contributed by atoms with Crippen LogP contribution in [0.2, 0.25) is 10.0 Å². The third-order valence-electron chi connectivity index (χ3n) is 7.42. The largest absolute Gasteiger partial charge is 0.459 e. The van der Waals surface area contributed by atoms with Crippen molar-refractivity contribution in [2.75, 3.05) is 0 Å². The second kappa shape index (κ2) is 10.2. The van der Waals surface area contributed by atoms with Crippen LogP contribution in [0.15, 0.2) is 71.1 Å². The fourth-order valence-electron chi connectivity index (χ4n) is 5.69. The van der Waals surface area contributed by atoms with Gasteiger partial charge in [-0.15, -0.1) is 0 Å². The number of benzene rings is 2. The minimum absolute atomic E-state index is 0.0409. The van der Waals surface area contributed by atoms with Crippen LogP contribution < -0.4 is 5.32 Å². The number of carbonyl (C=O) groups is 2. The molecule has 6 heteroatoms. The van der Waals surface area contributed by atoms with Gasteiger partial charge in [0.25, 0.3) is 0 Å². The van der Waals surface area contributed by atoms with Crippen LogP contribution in [0.4, 0.5) is 0 Å². The van der Waals surface area contributed by atoms with Crippen molar-refractivity contribution in [2.45, 2.75) is 69.8 Å². The predicted molar refractivity (Wildman–Crippen MR) is 138 cm³/mol. The summed E-state index contributed by atoms with van der Waals surface area (Å²) in [6, 6.07) is 15.5. The van der Waals surface area contributed by atoms with Gasteiger partial charge in [-0.2, -0.15) is 0 Å². The monoisotopic (exact) mass is 509 g/mol. The summed E-state index contributed by atoms with van der Waals surface area (Å²) in [7, 11) is 0. The Balaban J connectivity index is 1.55. The molecule has 0 aromatic heterocycles. The maximum atomic E-state index is 13.7. The summed E-state index contributed by atoms with van der Waals surface area (Å²) in [6.07, 6.45) is 6.10. The number of hydrogen-bond acceptors (Lipinski definition) is 4. The van der Waals surface area contributed by atoms with Crippen molar-refractivity contribution in [3.63, 3.8) is 0 Å². The first-order valence-corrected chi connectivity index (χ1v) is 13.1. The van der Waals surface area contributed by atoms with E-state index in [1.807, 2.05) is 31.2 Å². The van der Waals surface area contributed by atoms with Crippen LogP contribution in [0, 0.1) is 0 Å². The first-order chi connectivity index (χ1) is 16.9. The average Bonchev–Trinajstić information content (AvgIpc) is 2.86. The minimum Gasteiger partial charge on any atom is -0.459 e. The second-order valence-electron chi connectivity index (χ2n) is 9.77. The Morgan fingerprint density at radius 3 is 2.40 bits per heavy atom. The highest BCUT2D eigenvalue weighted by Crippen LogP contribution is 2.46. The third-order valence-corrected chi connectivity index (χ3v) is 8.16. The number of allylic oxidation sites excluding steroid dienone is 3. The molecule has 0 amide bonds. The van der Waals surface area contributed by atoms with E-state index in [9.17, 15) is 9.59 Å². The number of carbonyl (C=O) groups excluding carboxylic acids is 2. The lowest BCUT2D eigenvalue weighted by atomic mass is 9.71. The standard InChI is InChI=1S/C29H29Cl2NO3/c1-17-26(29(34)35-21-10-6-3-7-11-21)27(19-12-13-22(30)23(31)14-19)28-24(32-17)15-20(16-25(28)33)18-8-4-2-5-9-18/h2,4-5,8-9,12-14,20-21,27,32H,3,6-7,10-11,15-16H2,1H3/t20-,27+/m0/s1. The van der Waals surface area contributed by atoms with Crippen molar-refractivity contribution in [3.05, 3.63) is 92.2 Å². The van der Waals surface area contributed by atoms with Crippen molar-refractivity contribution in [3.8, 4) is 0 Å². The lowest BCUT2D eigenvalue weighted by Crippen LogP contribution is -2.37. The molecule has 1 fully saturated rings. The van der Waals surface area contributed by atoms with Gasteiger partial charge >= 0.3 is 5.97 Å². The molecule has 0 spiro atoms. The van der Waals surface area contributed by atoms with Gasteiger partial charge in [0.05, 0.1) is 15.6 Å². The highest BCUT2D eigenvalue weighted by atomic mass is 35.5.